The summed E-state index contributed by atoms with van der Waals surface area (Å²) in [6.45, 7) is 4.64. The smallest absolute Gasteiger partial charge is 0.243 e. The van der Waals surface area contributed by atoms with Crippen molar-refractivity contribution in [2.24, 2.45) is 0 Å². The highest BCUT2D eigenvalue weighted by Crippen LogP contribution is 2.24. The molecule has 2 aromatic carbocycles. The molecule has 3 aromatic rings. The summed E-state index contributed by atoms with van der Waals surface area (Å²) in [4.78, 5) is 15.3. The van der Waals surface area contributed by atoms with Gasteiger partial charge in [0.15, 0.2) is 0 Å². The Bertz CT molecular complexity index is 823. The fourth-order valence-electron chi connectivity index (χ4n) is 2.50. The highest BCUT2D eigenvalue weighted by Gasteiger charge is 2.06. The van der Waals surface area contributed by atoms with Crippen LogP contribution in [0.25, 0.3) is 11.1 Å². The normalized spacial score (nSPS) is 10.3. The number of rotatable bonds is 6. The van der Waals surface area contributed by atoms with Gasteiger partial charge in [-0.25, -0.2) is 9.67 Å². The number of amides is 1. The third-order valence-corrected chi connectivity index (χ3v) is 3.73. The lowest BCUT2D eigenvalue weighted by molar-refractivity contribution is -0.116. The average molecular weight is 318 g/mol. The summed E-state index contributed by atoms with van der Waals surface area (Å²) >= 11 is 0. The van der Waals surface area contributed by atoms with Crippen molar-refractivity contribution in [1.29, 1.82) is 0 Å². The number of nitrogens with zero attached hydrogens (tertiary/aromatic N) is 3. The Labute approximate surface area is 140 Å². The molecule has 0 bridgehead atoms. The van der Waals surface area contributed by atoms with Gasteiger partial charge < -0.3 is 5.32 Å². The van der Waals surface area contributed by atoms with Crippen LogP contribution in [0.3, 0.4) is 0 Å². The van der Waals surface area contributed by atoms with Crippen molar-refractivity contribution in [1.82, 2.24) is 20.1 Å². The molecular weight excluding hydrogens is 300 g/mol. The SMILES string of the molecule is C=CC(=O)NCc1ccccc1-c1ccc(Cn2cncn2)cc1. The first kappa shape index (κ1) is 15.7. The van der Waals surface area contributed by atoms with E-state index in [1.165, 1.54) is 12.4 Å². The van der Waals surface area contributed by atoms with E-state index in [0.717, 1.165) is 22.3 Å². The van der Waals surface area contributed by atoms with E-state index in [4.69, 9.17) is 0 Å². The Morgan fingerprint density at radius 2 is 1.96 bits per heavy atom. The van der Waals surface area contributed by atoms with Crippen LogP contribution in [0.15, 0.2) is 73.8 Å². The van der Waals surface area contributed by atoms with Crippen LogP contribution < -0.4 is 5.32 Å². The summed E-state index contributed by atoms with van der Waals surface area (Å²) < 4.78 is 1.79. The lowest BCUT2D eigenvalue weighted by Crippen LogP contribution is -2.20. The van der Waals surface area contributed by atoms with E-state index in [1.807, 2.05) is 18.2 Å². The second-order valence-corrected chi connectivity index (χ2v) is 5.37. The molecule has 1 N–H and O–H groups in total. The minimum Gasteiger partial charge on any atom is -0.348 e. The van der Waals surface area contributed by atoms with E-state index in [1.54, 1.807) is 11.0 Å². The van der Waals surface area contributed by atoms with Gasteiger partial charge in [-0.15, -0.1) is 0 Å². The van der Waals surface area contributed by atoms with Gasteiger partial charge >= 0.3 is 0 Å². The van der Waals surface area contributed by atoms with Crippen molar-refractivity contribution in [2.45, 2.75) is 13.1 Å². The van der Waals surface area contributed by atoms with Crippen LogP contribution in [0.1, 0.15) is 11.1 Å². The molecule has 0 radical (unpaired) electrons. The Morgan fingerprint density at radius 1 is 1.17 bits per heavy atom. The van der Waals surface area contributed by atoms with Crippen LogP contribution >= 0.6 is 0 Å². The standard InChI is InChI=1S/C19H18N4O/c1-2-19(24)21-11-17-5-3-4-6-18(17)16-9-7-15(8-10-16)12-23-14-20-13-22-23/h2-10,13-14H,1,11-12H2,(H,21,24). The molecular formula is C19H18N4O. The van der Waals surface area contributed by atoms with E-state index in [0.29, 0.717) is 13.1 Å². The Balaban J connectivity index is 1.78. The summed E-state index contributed by atoms with van der Waals surface area (Å²) in [5.41, 5.74) is 4.44. The second-order valence-electron chi connectivity index (χ2n) is 5.37. The monoisotopic (exact) mass is 318 g/mol. The van der Waals surface area contributed by atoms with Gasteiger partial charge in [0, 0.05) is 6.54 Å². The minimum absolute atomic E-state index is 0.173. The van der Waals surface area contributed by atoms with E-state index in [-0.39, 0.29) is 5.91 Å². The van der Waals surface area contributed by atoms with Crippen LogP contribution in [0.2, 0.25) is 0 Å². The first-order valence-corrected chi connectivity index (χ1v) is 7.66. The zero-order valence-corrected chi connectivity index (χ0v) is 13.2. The summed E-state index contributed by atoms with van der Waals surface area (Å²) in [5.74, 6) is -0.173. The lowest BCUT2D eigenvalue weighted by atomic mass is 9.98. The molecule has 0 saturated heterocycles. The molecule has 120 valence electrons. The van der Waals surface area contributed by atoms with Crippen LogP contribution in [-0.4, -0.2) is 20.7 Å². The summed E-state index contributed by atoms with van der Waals surface area (Å²) in [7, 11) is 0. The number of carbonyl (C=O) groups is 1. The summed E-state index contributed by atoms with van der Waals surface area (Å²) in [6.07, 6.45) is 4.51. The van der Waals surface area contributed by atoms with E-state index in [2.05, 4.69) is 52.3 Å². The first-order chi connectivity index (χ1) is 11.8. The number of nitrogens with one attached hydrogen (secondary N) is 1. The van der Waals surface area contributed by atoms with Crippen molar-refractivity contribution in [3.05, 3.63) is 85.0 Å². The molecule has 0 aliphatic carbocycles. The van der Waals surface area contributed by atoms with Gasteiger partial charge in [-0.2, -0.15) is 5.10 Å². The number of hydrogen-bond acceptors (Lipinski definition) is 3. The van der Waals surface area contributed by atoms with Gasteiger partial charge in [0.1, 0.15) is 12.7 Å². The fourth-order valence-corrected chi connectivity index (χ4v) is 2.50. The first-order valence-electron chi connectivity index (χ1n) is 7.66. The molecule has 0 aliphatic heterocycles. The quantitative estimate of drug-likeness (QED) is 0.711. The molecule has 0 unspecified atom stereocenters. The van der Waals surface area contributed by atoms with Crippen LogP contribution in [-0.2, 0) is 17.9 Å². The molecule has 0 spiro atoms. The highest BCUT2D eigenvalue weighted by atomic mass is 16.1. The molecule has 5 nitrogen and oxygen atoms in total. The summed E-state index contributed by atoms with van der Waals surface area (Å²) in [5, 5.41) is 6.94. The Kier molecular flexibility index (Phi) is 4.81. The third kappa shape index (κ3) is 3.76. The van der Waals surface area contributed by atoms with Crippen molar-refractivity contribution in [3.8, 4) is 11.1 Å². The molecule has 24 heavy (non-hydrogen) atoms. The maximum atomic E-state index is 11.4. The van der Waals surface area contributed by atoms with Crippen LogP contribution in [0.5, 0.6) is 0 Å². The average Bonchev–Trinajstić information content (AvgIpc) is 3.13. The van der Waals surface area contributed by atoms with Gasteiger partial charge in [0.25, 0.3) is 0 Å². The zero-order chi connectivity index (χ0) is 16.8. The predicted molar refractivity (Wildman–Crippen MR) is 93.0 cm³/mol. The molecule has 1 heterocycles. The Hall–Kier alpha value is -3.21. The van der Waals surface area contributed by atoms with Gasteiger partial charge in [-0.1, -0.05) is 55.1 Å². The molecule has 1 amide bonds. The number of carbonyl (C=O) groups excluding carboxylic acids is 1. The molecule has 5 heteroatoms. The van der Waals surface area contributed by atoms with Crippen molar-refractivity contribution in [3.63, 3.8) is 0 Å². The lowest BCUT2D eigenvalue weighted by Gasteiger charge is -2.11. The van der Waals surface area contributed by atoms with E-state index >= 15 is 0 Å². The molecule has 0 aliphatic rings. The summed E-state index contributed by atoms with van der Waals surface area (Å²) in [6, 6.07) is 16.4. The van der Waals surface area contributed by atoms with Gasteiger partial charge in [0.2, 0.25) is 5.91 Å². The molecule has 1 aromatic heterocycles. The molecule has 3 rings (SSSR count). The topological polar surface area (TPSA) is 59.8 Å². The van der Waals surface area contributed by atoms with E-state index in [9.17, 15) is 4.79 Å². The van der Waals surface area contributed by atoms with Gasteiger partial charge in [-0.05, 0) is 28.3 Å². The van der Waals surface area contributed by atoms with Crippen LogP contribution in [0.4, 0.5) is 0 Å². The van der Waals surface area contributed by atoms with Crippen LogP contribution in [0, 0.1) is 0 Å². The van der Waals surface area contributed by atoms with Crippen molar-refractivity contribution >= 4 is 5.91 Å². The van der Waals surface area contributed by atoms with E-state index < -0.39 is 0 Å². The number of aromatic nitrogens is 3. The third-order valence-electron chi connectivity index (χ3n) is 3.73. The maximum absolute atomic E-state index is 11.4. The number of hydrogen-bond donors (Lipinski definition) is 1. The highest BCUT2D eigenvalue weighted by molar-refractivity contribution is 5.87. The largest absolute Gasteiger partial charge is 0.348 e. The van der Waals surface area contributed by atoms with Gasteiger partial charge in [-0.3, -0.25) is 4.79 Å². The predicted octanol–water partition coefficient (Wildman–Crippen LogP) is 2.80. The minimum atomic E-state index is -0.173. The van der Waals surface area contributed by atoms with Crippen molar-refractivity contribution < 1.29 is 4.79 Å². The fraction of sp³-hybridized carbons (Fsp3) is 0.105. The zero-order valence-electron chi connectivity index (χ0n) is 13.2. The maximum Gasteiger partial charge on any atom is 0.243 e. The second kappa shape index (κ2) is 7.37. The molecule has 0 saturated carbocycles. The molecule has 0 atom stereocenters. The van der Waals surface area contributed by atoms with Gasteiger partial charge in [0.05, 0.1) is 6.54 Å². The van der Waals surface area contributed by atoms with Crippen molar-refractivity contribution in [2.75, 3.05) is 0 Å². The Morgan fingerprint density at radius 3 is 2.67 bits per heavy atom. The number of benzene rings is 2. The molecule has 0 fully saturated rings.